The van der Waals surface area contributed by atoms with Gasteiger partial charge in [-0.2, -0.15) is 0 Å². The van der Waals surface area contributed by atoms with Gasteiger partial charge >= 0.3 is 0 Å². The van der Waals surface area contributed by atoms with Gasteiger partial charge in [0.1, 0.15) is 0 Å². The van der Waals surface area contributed by atoms with Crippen molar-refractivity contribution in [1.29, 1.82) is 0 Å². The lowest BCUT2D eigenvalue weighted by Gasteiger charge is -2.24. The second kappa shape index (κ2) is 9.93. The number of carbonyl (C=O) groups is 2. The molecule has 144 valence electrons. The molecule has 1 aromatic carbocycles. The van der Waals surface area contributed by atoms with Gasteiger partial charge < -0.3 is 15.5 Å². The first-order chi connectivity index (χ1) is 12.1. The predicted molar refractivity (Wildman–Crippen MR) is 105 cm³/mol. The topological polar surface area (TPSA) is 66.6 Å². The summed E-state index contributed by atoms with van der Waals surface area (Å²) in [5, 5.41) is 0. The molecule has 2 amide bonds. The summed E-state index contributed by atoms with van der Waals surface area (Å²) in [6.45, 7) is 2.81. The maximum absolute atomic E-state index is 12.7. The van der Waals surface area contributed by atoms with E-state index in [1.165, 1.54) is 5.56 Å². The molecule has 2 atom stereocenters. The van der Waals surface area contributed by atoms with Gasteiger partial charge in [0, 0.05) is 44.6 Å². The van der Waals surface area contributed by atoms with Crippen LogP contribution < -0.4 is 5.73 Å². The van der Waals surface area contributed by atoms with Crippen LogP contribution in [0.1, 0.15) is 37.7 Å². The first-order valence-electron chi connectivity index (χ1n) is 9.49. The number of carbonyl (C=O) groups excluding carboxylic acids is 2. The van der Waals surface area contributed by atoms with Gasteiger partial charge in [0.05, 0.1) is 0 Å². The molecule has 2 fully saturated rings. The van der Waals surface area contributed by atoms with Crippen LogP contribution in [-0.4, -0.2) is 53.8 Å². The average Bonchev–Trinajstić information content (AvgIpc) is 2.92. The highest BCUT2D eigenvalue weighted by molar-refractivity contribution is 5.85. The Morgan fingerprint density at radius 3 is 2.38 bits per heavy atom. The summed E-state index contributed by atoms with van der Waals surface area (Å²) in [5.74, 6) is 0.530. The summed E-state index contributed by atoms with van der Waals surface area (Å²) in [6.07, 6.45) is 4.86. The molecule has 0 spiro atoms. The van der Waals surface area contributed by atoms with Crippen LogP contribution in [0.4, 0.5) is 0 Å². The molecule has 0 aromatic heterocycles. The van der Waals surface area contributed by atoms with E-state index in [0.717, 1.165) is 45.2 Å². The number of rotatable bonds is 4. The average molecular weight is 380 g/mol. The van der Waals surface area contributed by atoms with Crippen LogP contribution in [0.25, 0.3) is 0 Å². The standard InChI is InChI=1S/C20H29N3O2.ClH/c21-18-9-8-17(15-18)20(25)23-12-4-11-22(13-14-23)19(24)10-7-16-5-2-1-3-6-16;/h1-3,5-6,17-18H,4,7-15,21H2;1H. The van der Waals surface area contributed by atoms with Crippen LogP contribution in [0.5, 0.6) is 0 Å². The van der Waals surface area contributed by atoms with Gasteiger partial charge in [-0.1, -0.05) is 30.3 Å². The number of hydrogen-bond acceptors (Lipinski definition) is 3. The SMILES string of the molecule is Cl.NC1CCC(C(=O)N2CCCN(C(=O)CCc3ccccc3)CC2)C1. The van der Waals surface area contributed by atoms with Crippen molar-refractivity contribution in [2.75, 3.05) is 26.2 Å². The Morgan fingerprint density at radius 2 is 1.69 bits per heavy atom. The number of nitrogens with two attached hydrogens (primary N) is 1. The van der Waals surface area contributed by atoms with E-state index in [0.29, 0.717) is 19.5 Å². The Bertz CT molecular complexity index is 596. The molecule has 1 aromatic rings. The molecule has 1 aliphatic heterocycles. The predicted octanol–water partition coefficient (Wildman–Crippen LogP) is 2.23. The molecular weight excluding hydrogens is 350 g/mol. The Morgan fingerprint density at radius 1 is 1.00 bits per heavy atom. The number of amides is 2. The van der Waals surface area contributed by atoms with Crippen molar-refractivity contribution in [2.45, 2.75) is 44.6 Å². The summed E-state index contributed by atoms with van der Waals surface area (Å²) in [6, 6.07) is 10.3. The molecule has 1 saturated carbocycles. The zero-order chi connectivity index (χ0) is 17.6. The molecule has 1 heterocycles. The third kappa shape index (κ3) is 5.45. The molecule has 1 saturated heterocycles. The number of hydrogen-bond donors (Lipinski definition) is 1. The lowest BCUT2D eigenvalue weighted by molar-refractivity contribution is -0.136. The quantitative estimate of drug-likeness (QED) is 0.872. The smallest absolute Gasteiger partial charge is 0.225 e. The van der Waals surface area contributed by atoms with E-state index in [-0.39, 0.29) is 36.2 Å². The molecular formula is C20H30ClN3O2. The van der Waals surface area contributed by atoms with Crippen molar-refractivity contribution in [3.63, 3.8) is 0 Å². The highest BCUT2D eigenvalue weighted by atomic mass is 35.5. The molecule has 0 radical (unpaired) electrons. The monoisotopic (exact) mass is 379 g/mol. The molecule has 26 heavy (non-hydrogen) atoms. The van der Waals surface area contributed by atoms with Crippen molar-refractivity contribution in [3.05, 3.63) is 35.9 Å². The minimum atomic E-state index is 0. The molecule has 3 rings (SSSR count). The maximum Gasteiger partial charge on any atom is 0.225 e. The number of aryl methyl sites for hydroxylation is 1. The number of nitrogens with zero attached hydrogens (tertiary/aromatic N) is 2. The Labute approximate surface area is 162 Å². The Kier molecular flexibility index (Phi) is 7.91. The van der Waals surface area contributed by atoms with Crippen molar-refractivity contribution in [2.24, 2.45) is 11.7 Å². The van der Waals surface area contributed by atoms with Crippen LogP contribution in [0, 0.1) is 5.92 Å². The van der Waals surface area contributed by atoms with Crippen molar-refractivity contribution in [1.82, 2.24) is 9.80 Å². The van der Waals surface area contributed by atoms with Gasteiger partial charge in [-0.05, 0) is 37.7 Å². The molecule has 2 N–H and O–H groups in total. The summed E-state index contributed by atoms with van der Waals surface area (Å²) in [4.78, 5) is 29.0. The van der Waals surface area contributed by atoms with Crippen molar-refractivity contribution in [3.8, 4) is 0 Å². The molecule has 5 nitrogen and oxygen atoms in total. The molecule has 2 aliphatic rings. The van der Waals surface area contributed by atoms with E-state index in [1.54, 1.807) is 0 Å². The summed E-state index contributed by atoms with van der Waals surface area (Å²) in [5.41, 5.74) is 7.14. The highest BCUT2D eigenvalue weighted by Gasteiger charge is 2.32. The second-order valence-electron chi connectivity index (χ2n) is 7.32. The maximum atomic E-state index is 12.7. The normalized spacial score (nSPS) is 23.3. The zero-order valence-electron chi connectivity index (χ0n) is 15.3. The third-order valence-corrected chi connectivity index (χ3v) is 5.45. The van der Waals surface area contributed by atoms with Crippen LogP contribution >= 0.6 is 12.4 Å². The van der Waals surface area contributed by atoms with E-state index in [2.05, 4.69) is 12.1 Å². The van der Waals surface area contributed by atoms with Gasteiger partial charge in [-0.25, -0.2) is 0 Å². The summed E-state index contributed by atoms with van der Waals surface area (Å²) in [7, 11) is 0. The van der Waals surface area contributed by atoms with Crippen LogP contribution in [0.15, 0.2) is 30.3 Å². The summed E-state index contributed by atoms with van der Waals surface area (Å²) < 4.78 is 0. The van der Waals surface area contributed by atoms with Crippen LogP contribution in [0.2, 0.25) is 0 Å². The Balaban J connectivity index is 0.00000243. The van der Waals surface area contributed by atoms with E-state index < -0.39 is 0 Å². The minimum Gasteiger partial charge on any atom is -0.341 e. The molecule has 0 bridgehead atoms. The fourth-order valence-corrected chi connectivity index (χ4v) is 3.94. The summed E-state index contributed by atoms with van der Waals surface area (Å²) >= 11 is 0. The molecule has 1 aliphatic carbocycles. The van der Waals surface area contributed by atoms with E-state index in [1.807, 2.05) is 28.0 Å². The Hall–Kier alpha value is -1.59. The van der Waals surface area contributed by atoms with Gasteiger partial charge in [0.15, 0.2) is 0 Å². The zero-order valence-corrected chi connectivity index (χ0v) is 16.1. The number of benzene rings is 1. The highest BCUT2D eigenvalue weighted by Crippen LogP contribution is 2.26. The first kappa shape index (κ1) is 20.7. The minimum absolute atomic E-state index is 0. The fraction of sp³-hybridized carbons (Fsp3) is 0.600. The van der Waals surface area contributed by atoms with Crippen LogP contribution in [0.3, 0.4) is 0 Å². The van der Waals surface area contributed by atoms with Gasteiger partial charge in [0.25, 0.3) is 0 Å². The second-order valence-corrected chi connectivity index (χ2v) is 7.32. The van der Waals surface area contributed by atoms with Gasteiger partial charge in [-0.3, -0.25) is 9.59 Å². The van der Waals surface area contributed by atoms with Gasteiger partial charge in [0.2, 0.25) is 11.8 Å². The van der Waals surface area contributed by atoms with E-state index >= 15 is 0 Å². The first-order valence-corrected chi connectivity index (χ1v) is 9.49. The van der Waals surface area contributed by atoms with E-state index in [4.69, 9.17) is 5.73 Å². The lowest BCUT2D eigenvalue weighted by Crippen LogP contribution is -2.39. The number of halogens is 1. The molecule has 2 unspecified atom stereocenters. The largest absolute Gasteiger partial charge is 0.341 e. The van der Waals surface area contributed by atoms with Crippen LogP contribution in [-0.2, 0) is 16.0 Å². The van der Waals surface area contributed by atoms with Crippen molar-refractivity contribution >= 4 is 24.2 Å². The lowest BCUT2D eigenvalue weighted by atomic mass is 10.1. The molecule has 6 heteroatoms. The van der Waals surface area contributed by atoms with E-state index in [9.17, 15) is 9.59 Å². The third-order valence-electron chi connectivity index (χ3n) is 5.45. The fourth-order valence-electron chi connectivity index (χ4n) is 3.94. The van der Waals surface area contributed by atoms with Crippen molar-refractivity contribution < 1.29 is 9.59 Å². The van der Waals surface area contributed by atoms with Gasteiger partial charge in [-0.15, -0.1) is 12.4 Å².